The van der Waals surface area contributed by atoms with Crippen molar-refractivity contribution in [2.45, 2.75) is 34.6 Å². The molecular formula is C29H32F2N2. The molecule has 172 valence electrons. The van der Waals surface area contributed by atoms with E-state index in [0.717, 1.165) is 24.5 Å². The number of halogens is 2. The highest BCUT2D eigenvalue weighted by Crippen LogP contribution is 2.35. The molecule has 4 heteroatoms. The van der Waals surface area contributed by atoms with Gasteiger partial charge in [0.2, 0.25) is 0 Å². The van der Waals surface area contributed by atoms with Crippen molar-refractivity contribution in [1.29, 1.82) is 0 Å². The molecule has 0 amide bonds. The van der Waals surface area contributed by atoms with E-state index in [1.807, 2.05) is 76.2 Å². The summed E-state index contributed by atoms with van der Waals surface area (Å²) < 4.78 is 30.5. The van der Waals surface area contributed by atoms with Gasteiger partial charge in [-0.3, -0.25) is 0 Å². The van der Waals surface area contributed by atoms with Crippen molar-refractivity contribution in [2.24, 2.45) is 0 Å². The van der Waals surface area contributed by atoms with E-state index in [-0.39, 0.29) is 5.56 Å². The van der Waals surface area contributed by atoms with Gasteiger partial charge in [-0.15, -0.1) is 0 Å². The lowest BCUT2D eigenvalue weighted by Crippen LogP contribution is -2.00. The highest BCUT2D eigenvalue weighted by molar-refractivity contribution is 5.76. The fourth-order valence-electron chi connectivity index (χ4n) is 3.59. The topological polar surface area (TPSA) is 24.1 Å². The normalized spacial score (nSPS) is 10.5. The Kier molecular flexibility index (Phi) is 8.05. The maximum Gasteiger partial charge on any atom is 0.134 e. The first-order chi connectivity index (χ1) is 15.8. The van der Waals surface area contributed by atoms with E-state index < -0.39 is 11.6 Å². The number of hydrogen-bond donors (Lipinski definition) is 2. The van der Waals surface area contributed by atoms with Crippen molar-refractivity contribution in [3.8, 4) is 22.3 Å². The van der Waals surface area contributed by atoms with Gasteiger partial charge in [0, 0.05) is 35.6 Å². The van der Waals surface area contributed by atoms with Crippen LogP contribution in [0.1, 0.15) is 33.3 Å². The molecule has 0 aliphatic rings. The number of anilines is 2. The minimum absolute atomic E-state index is 0.268. The molecule has 0 unspecified atom stereocenters. The Hall–Kier alpha value is -3.40. The highest BCUT2D eigenvalue weighted by Gasteiger charge is 2.18. The van der Waals surface area contributed by atoms with Gasteiger partial charge in [0.05, 0.1) is 0 Å². The summed E-state index contributed by atoms with van der Waals surface area (Å²) in [6.07, 6.45) is 4.19. The van der Waals surface area contributed by atoms with Gasteiger partial charge in [-0.25, -0.2) is 8.78 Å². The summed E-state index contributed by atoms with van der Waals surface area (Å²) in [5.74, 6) is -0.831. The predicted octanol–water partition coefficient (Wildman–Crippen LogP) is 8.36. The van der Waals surface area contributed by atoms with Crippen molar-refractivity contribution in [3.05, 3.63) is 95.1 Å². The maximum atomic E-state index is 15.3. The summed E-state index contributed by atoms with van der Waals surface area (Å²) in [6.45, 7) is 11.3. The molecule has 0 fully saturated rings. The number of nitrogens with one attached hydrogen (secondary N) is 2. The summed E-state index contributed by atoms with van der Waals surface area (Å²) in [7, 11) is 0. The summed E-state index contributed by atoms with van der Waals surface area (Å²) in [6, 6.07) is 16.1. The third kappa shape index (κ3) is 6.32. The molecule has 2 N–H and O–H groups in total. The lowest BCUT2D eigenvalue weighted by atomic mass is 9.94. The fourth-order valence-corrected chi connectivity index (χ4v) is 3.59. The number of benzene rings is 3. The van der Waals surface area contributed by atoms with E-state index >= 15 is 8.78 Å². The summed E-state index contributed by atoms with van der Waals surface area (Å²) in [4.78, 5) is 0. The third-order valence-corrected chi connectivity index (χ3v) is 5.45. The van der Waals surface area contributed by atoms with Crippen LogP contribution in [-0.4, -0.2) is 13.1 Å². The molecule has 2 nitrogen and oxygen atoms in total. The Labute approximate surface area is 196 Å². The first-order valence-electron chi connectivity index (χ1n) is 11.2. The zero-order valence-corrected chi connectivity index (χ0v) is 20.0. The molecule has 0 aromatic heterocycles. The van der Waals surface area contributed by atoms with Crippen molar-refractivity contribution < 1.29 is 8.78 Å². The van der Waals surface area contributed by atoms with Crippen LogP contribution in [0.4, 0.5) is 20.2 Å². The van der Waals surface area contributed by atoms with Crippen LogP contribution in [0.5, 0.6) is 0 Å². The van der Waals surface area contributed by atoms with Crippen LogP contribution < -0.4 is 10.6 Å². The first-order valence-corrected chi connectivity index (χ1v) is 11.2. The molecule has 3 aromatic rings. The highest BCUT2D eigenvalue weighted by atomic mass is 19.1. The van der Waals surface area contributed by atoms with Gasteiger partial charge < -0.3 is 10.6 Å². The van der Waals surface area contributed by atoms with Crippen molar-refractivity contribution in [2.75, 3.05) is 23.7 Å². The zero-order valence-electron chi connectivity index (χ0n) is 20.0. The summed E-state index contributed by atoms with van der Waals surface area (Å²) >= 11 is 0. The van der Waals surface area contributed by atoms with Crippen LogP contribution in [0, 0.1) is 18.6 Å². The average molecular weight is 447 g/mol. The lowest BCUT2D eigenvalue weighted by molar-refractivity contribution is 0.599. The Balaban J connectivity index is 1.83. The monoisotopic (exact) mass is 446 g/mol. The van der Waals surface area contributed by atoms with E-state index in [0.29, 0.717) is 22.3 Å². The SMILES string of the molecule is CC(C)=CCNc1ccc(-c2cc(F)c(-c3ccc(NCC=C(C)C)cc3)c(C)c2F)cc1. The predicted molar refractivity (Wildman–Crippen MR) is 138 cm³/mol. The van der Waals surface area contributed by atoms with Gasteiger partial charge >= 0.3 is 0 Å². The van der Waals surface area contributed by atoms with Crippen molar-refractivity contribution in [1.82, 2.24) is 0 Å². The van der Waals surface area contributed by atoms with E-state index in [1.54, 1.807) is 6.92 Å². The van der Waals surface area contributed by atoms with Crippen LogP contribution in [-0.2, 0) is 0 Å². The summed E-state index contributed by atoms with van der Waals surface area (Å²) in [5, 5.41) is 6.59. The van der Waals surface area contributed by atoms with Gasteiger partial charge in [-0.1, -0.05) is 47.6 Å². The molecular weight excluding hydrogens is 414 g/mol. The standard InChI is InChI=1S/C29H32F2N2/c1-19(2)14-16-32-24-10-6-22(7-11-24)26-18-27(30)28(21(5)29(26)31)23-8-12-25(13-9-23)33-17-15-20(3)4/h6-15,18,32-33H,16-17H2,1-5H3. The molecule has 33 heavy (non-hydrogen) atoms. The smallest absolute Gasteiger partial charge is 0.134 e. The van der Waals surface area contributed by atoms with Crippen LogP contribution in [0.15, 0.2) is 77.9 Å². The Morgan fingerprint density at radius 3 is 1.64 bits per heavy atom. The number of hydrogen-bond acceptors (Lipinski definition) is 2. The van der Waals surface area contributed by atoms with Gasteiger partial charge in [0.25, 0.3) is 0 Å². The van der Waals surface area contributed by atoms with E-state index in [9.17, 15) is 0 Å². The maximum absolute atomic E-state index is 15.3. The van der Waals surface area contributed by atoms with Gasteiger partial charge in [0.15, 0.2) is 0 Å². The zero-order chi connectivity index (χ0) is 24.0. The van der Waals surface area contributed by atoms with Crippen LogP contribution >= 0.6 is 0 Å². The van der Waals surface area contributed by atoms with Gasteiger partial charge in [-0.2, -0.15) is 0 Å². The Bertz CT molecular complexity index is 1150. The van der Waals surface area contributed by atoms with Gasteiger partial charge in [-0.05, 0) is 81.6 Å². The second-order valence-corrected chi connectivity index (χ2v) is 8.70. The summed E-state index contributed by atoms with van der Waals surface area (Å²) in [5.41, 5.74) is 6.52. The van der Waals surface area contributed by atoms with E-state index in [2.05, 4.69) is 22.8 Å². The molecule has 0 radical (unpaired) electrons. The molecule has 0 aliphatic carbocycles. The molecule has 0 bridgehead atoms. The van der Waals surface area contributed by atoms with Crippen molar-refractivity contribution in [3.63, 3.8) is 0 Å². The minimum atomic E-state index is -0.431. The van der Waals surface area contributed by atoms with Crippen molar-refractivity contribution >= 4 is 11.4 Å². The first kappa shape index (κ1) is 24.2. The Morgan fingerprint density at radius 1 is 0.727 bits per heavy atom. The molecule has 3 aromatic carbocycles. The van der Waals surface area contributed by atoms with Crippen LogP contribution in [0.2, 0.25) is 0 Å². The molecule has 0 atom stereocenters. The average Bonchev–Trinajstić information content (AvgIpc) is 2.77. The molecule has 0 heterocycles. The second-order valence-electron chi connectivity index (χ2n) is 8.70. The second kappa shape index (κ2) is 11.0. The molecule has 0 saturated carbocycles. The molecule has 0 aliphatic heterocycles. The van der Waals surface area contributed by atoms with E-state index in [4.69, 9.17) is 0 Å². The quantitative estimate of drug-likeness (QED) is 0.340. The van der Waals surface area contributed by atoms with Gasteiger partial charge in [0.1, 0.15) is 11.6 Å². The lowest BCUT2D eigenvalue weighted by Gasteiger charge is -2.14. The molecule has 0 saturated heterocycles. The Morgan fingerprint density at radius 2 is 1.18 bits per heavy atom. The van der Waals surface area contributed by atoms with Crippen LogP contribution in [0.3, 0.4) is 0 Å². The number of allylic oxidation sites excluding steroid dienone is 2. The largest absolute Gasteiger partial charge is 0.382 e. The third-order valence-electron chi connectivity index (χ3n) is 5.45. The molecule has 0 spiro atoms. The van der Waals surface area contributed by atoms with E-state index in [1.165, 1.54) is 17.2 Å². The van der Waals surface area contributed by atoms with Crippen LogP contribution in [0.25, 0.3) is 22.3 Å². The number of rotatable bonds is 8. The minimum Gasteiger partial charge on any atom is -0.382 e. The fraction of sp³-hybridized carbons (Fsp3) is 0.241. The molecule has 3 rings (SSSR count).